The van der Waals surface area contributed by atoms with Crippen LogP contribution in [0.5, 0.6) is 5.75 Å². The van der Waals surface area contributed by atoms with Gasteiger partial charge in [-0.1, -0.05) is 33.1 Å². The number of sulfonamides is 1. The Morgan fingerprint density at radius 3 is 2.62 bits per heavy atom. The van der Waals surface area contributed by atoms with Crippen molar-refractivity contribution < 1.29 is 13.2 Å². The van der Waals surface area contributed by atoms with E-state index < -0.39 is 10.0 Å². The maximum Gasteiger partial charge on any atom is 0.244 e. The molecule has 0 saturated carbocycles. The van der Waals surface area contributed by atoms with Crippen LogP contribution in [0.4, 0.5) is 5.69 Å². The minimum Gasteiger partial charge on any atom is -0.492 e. The van der Waals surface area contributed by atoms with E-state index in [1.807, 2.05) is 0 Å². The third-order valence-corrected chi connectivity index (χ3v) is 4.98. The Hall–Kier alpha value is -1.27. The first-order chi connectivity index (χ1) is 9.94. The van der Waals surface area contributed by atoms with Gasteiger partial charge in [0.1, 0.15) is 10.6 Å². The summed E-state index contributed by atoms with van der Waals surface area (Å²) >= 11 is 0. The van der Waals surface area contributed by atoms with Gasteiger partial charge in [-0.05, 0) is 37.6 Å². The number of benzene rings is 1. The van der Waals surface area contributed by atoms with Crippen molar-refractivity contribution in [3.05, 3.63) is 18.2 Å². The van der Waals surface area contributed by atoms with Crippen LogP contribution in [0, 0.1) is 5.92 Å². The fourth-order valence-corrected chi connectivity index (χ4v) is 2.97. The average molecular weight is 314 g/mol. The van der Waals surface area contributed by atoms with Crippen molar-refractivity contribution in [2.75, 3.05) is 19.4 Å². The van der Waals surface area contributed by atoms with E-state index >= 15 is 0 Å². The summed E-state index contributed by atoms with van der Waals surface area (Å²) in [5, 5.41) is 0. The van der Waals surface area contributed by atoms with Crippen LogP contribution in [0.3, 0.4) is 0 Å². The number of hydrogen-bond donors (Lipinski definition) is 2. The van der Waals surface area contributed by atoms with Gasteiger partial charge in [0.15, 0.2) is 0 Å². The van der Waals surface area contributed by atoms with Crippen molar-refractivity contribution in [1.82, 2.24) is 4.72 Å². The van der Waals surface area contributed by atoms with E-state index in [9.17, 15) is 8.42 Å². The van der Waals surface area contributed by atoms with E-state index in [0.717, 1.165) is 25.7 Å². The lowest BCUT2D eigenvalue weighted by atomic mass is 10.0. The van der Waals surface area contributed by atoms with Gasteiger partial charge in [0.25, 0.3) is 0 Å². The van der Waals surface area contributed by atoms with Crippen molar-refractivity contribution in [2.24, 2.45) is 5.92 Å². The minimum absolute atomic E-state index is 0.0929. The summed E-state index contributed by atoms with van der Waals surface area (Å²) in [5.41, 5.74) is 6.08. The molecule has 5 nitrogen and oxygen atoms in total. The lowest BCUT2D eigenvalue weighted by molar-refractivity contribution is 0.228. The van der Waals surface area contributed by atoms with Crippen LogP contribution in [0.2, 0.25) is 0 Å². The van der Waals surface area contributed by atoms with Gasteiger partial charge < -0.3 is 10.5 Å². The summed E-state index contributed by atoms with van der Waals surface area (Å²) in [6, 6.07) is 4.69. The summed E-state index contributed by atoms with van der Waals surface area (Å²) in [5.74, 6) is 0.793. The third-order valence-electron chi connectivity index (χ3n) is 3.54. The van der Waals surface area contributed by atoms with Crippen molar-refractivity contribution in [2.45, 2.75) is 44.4 Å². The van der Waals surface area contributed by atoms with Crippen LogP contribution in [-0.4, -0.2) is 22.1 Å². The van der Waals surface area contributed by atoms with E-state index in [-0.39, 0.29) is 4.90 Å². The van der Waals surface area contributed by atoms with Crippen LogP contribution in [-0.2, 0) is 10.0 Å². The predicted octanol–water partition coefficient (Wildman–Crippen LogP) is 2.77. The SMILES string of the molecule is CCCCC(CC)COc1ccc(N)cc1S(=O)(=O)NC. The molecule has 0 heterocycles. The maximum atomic E-state index is 12.0. The molecular weight excluding hydrogens is 288 g/mol. The number of nitrogens with one attached hydrogen (secondary N) is 1. The number of nitrogen functional groups attached to an aromatic ring is 1. The van der Waals surface area contributed by atoms with Crippen molar-refractivity contribution in [3.8, 4) is 5.75 Å². The maximum absolute atomic E-state index is 12.0. The molecule has 0 aliphatic heterocycles. The van der Waals surface area contributed by atoms with Crippen molar-refractivity contribution in [3.63, 3.8) is 0 Å². The number of unbranched alkanes of at least 4 members (excludes halogenated alkanes) is 1. The highest BCUT2D eigenvalue weighted by Crippen LogP contribution is 2.27. The quantitative estimate of drug-likeness (QED) is 0.687. The van der Waals surface area contributed by atoms with E-state index in [0.29, 0.717) is 24.0 Å². The zero-order chi connectivity index (χ0) is 15.9. The van der Waals surface area contributed by atoms with Crippen molar-refractivity contribution >= 4 is 15.7 Å². The molecule has 0 fully saturated rings. The van der Waals surface area contributed by atoms with E-state index in [1.165, 1.54) is 13.1 Å². The molecule has 0 bridgehead atoms. The van der Waals surface area contributed by atoms with Gasteiger partial charge in [0, 0.05) is 5.69 Å². The Morgan fingerprint density at radius 1 is 1.33 bits per heavy atom. The van der Waals surface area contributed by atoms with Crippen LogP contribution in [0.1, 0.15) is 39.5 Å². The molecule has 1 aromatic carbocycles. The molecule has 0 saturated heterocycles. The molecule has 3 N–H and O–H groups in total. The van der Waals surface area contributed by atoms with Crippen molar-refractivity contribution in [1.29, 1.82) is 0 Å². The van der Waals surface area contributed by atoms with Gasteiger partial charge in [-0.15, -0.1) is 0 Å². The molecule has 0 radical (unpaired) electrons. The van der Waals surface area contributed by atoms with Gasteiger partial charge in [-0.3, -0.25) is 0 Å². The van der Waals surface area contributed by atoms with Crippen LogP contribution in [0.15, 0.2) is 23.1 Å². The van der Waals surface area contributed by atoms with E-state index in [2.05, 4.69) is 18.6 Å². The highest BCUT2D eigenvalue weighted by atomic mass is 32.2. The van der Waals surface area contributed by atoms with Crippen LogP contribution >= 0.6 is 0 Å². The molecule has 1 unspecified atom stereocenters. The summed E-state index contributed by atoms with van der Waals surface area (Å²) in [6.45, 7) is 4.80. The zero-order valence-corrected chi connectivity index (χ0v) is 13.9. The Balaban J connectivity index is 2.88. The fraction of sp³-hybridized carbons (Fsp3) is 0.600. The molecule has 0 aromatic heterocycles. The Labute approximate surface area is 127 Å². The molecular formula is C15H26N2O3S. The standard InChI is InChI=1S/C15H26N2O3S/c1-4-6-7-12(5-2)11-20-14-9-8-13(16)10-15(14)21(18,19)17-3/h8-10,12,17H,4-7,11,16H2,1-3H3. The molecule has 0 aliphatic rings. The molecule has 6 heteroatoms. The molecule has 0 aliphatic carbocycles. The molecule has 1 atom stereocenters. The topological polar surface area (TPSA) is 81.4 Å². The molecule has 120 valence electrons. The number of ether oxygens (including phenoxy) is 1. The number of nitrogens with two attached hydrogens (primary N) is 1. The smallest absolute Gasteiger partial charge is 0.244 e. The Kier molecular flexibility index (Phi) is 6.98. The van der Waals surface area contributed by atoms with Gasteiger partial charge >= 0.3 is 0 Å². The van der Waals surface area contributed by atoms with Gasteiger partial charge in [-0.2, -0.15) is 0 Å². The number of hydrogen-bond acceptors (Lipinski definition) is 4. The summed E-state index contributed by atoms with van der Waals surface area (Å²) in [6.07, 6.45) is 4.42. The molecule has 0 spiro atoms. The first kappa shape index (κ1) is 17.8. The average Bonchev–Trinajstić information content (AvgIpc) is 2.48. The lowest BCUT2D eigenvalue weighted by Gasteiger charge is -2.17. The third kappa shape index (κ3) is 5.21. The zero-order valence-electron chi connectivity index (χ0n) is 13.1. The first-order valence-corrected chi connectivity index (χ1v) is 8.88. The highest BCUT2D eigenvalue weighted by Gasteiger charge is 2.19. The molecule has 1 aromatic rings. The minimum atomic E-state index is -3.58. The monoisotopic (exact) mass is 314 g/mol. The molecule has 0 amide bonds. The summed E-state index contributed by atoms with van der Waals surface area (Å²) in [7, 11) is -2.20. The fourth-order valence-electron chi connectivity index (χ4n) is 2.07. The molecule has 1 rings (SSSR count). The normalized spacial score (nSPS) is 13.1. The van der Waals surface area contributed by atoms with E-state index in [1.54, 1.807) is 12.1 Å². The first-order valence-electron chi connectivity index (χ1n) is 7.40. The summed E-state index contributed by atoms with van der Waals surface area (Å²) < 4.78 is 32.1. The van der Waals surface area contributed by atoms with Crippen LogP contribution in [0.25, 0.3) is 0 Å². The Bertz CT molecular complexity index is 544. The van der Waals surface area contributed by atoms with Gasteiger partial charge in [-0.25, -0.2) is 13.1 Å². The van der Waals surface area contributed by atoms with Gasteiger partial charge in [0.2, 0.25) is 10.0 Å². The lowest BCUT2D eigenvalue weighted by Crippen LogP contribution is -2.20. The second kappa shape index (κ2) is 8.24. The predicted molar refractivity (Wildman–Crippen MR) is 85.9 cm³/mol. The largest absolute Gasteiger partial charge is 0.492 e. The second-order valence-corrected chi connectivity index (χ2v) is 7.00. The number of anilines is 1. The summed E-state index contributed by atoms with van der Waals surface area (Å²) in [4.78, 5) is 0.0929. The number of rotatable bonds is 9. The van der Waals surface area contributed by atoms with Gasteiger partial charge in [0.05, 0.1) is 6.61 Å². The highest BCUT2D eigenvalue weighted by molar-refractivity contribution is 7.89. The van der Waals surface area contributed by atoms with Crippen LogP contribution < -0.4 is 15.2 Å². The van der Waals surface area contributed by atoms with E-state index in [4.69, 9.17) is 10.5 Å². The molecule has 21 heavy (non-hydrogen) atoms. The second-order valence-electron chi connectivity index (χ2n) is 5.14. The Morgan fingerprint density at radius 2 is 2.05 bits per heavy atom.